The smallest absolute Gasteiger partial charge is 0.161 e. The maximum Gasteiger partial charge on any atom is 0.161 e. The summed E-state index contributed by atoms with van der Waals surface area (Å²) in [6, 6.07) is 3.87. The van der Waals surface area contributed by atoms with E-state index in [1.54, 1.807) is 7.11 Å². The van der Waals surface area contributed by atoms with Crippen molar-refractivity contribution in [3.8, 4) is 11.5 Å². The van der Waals surface area contributed by atoms with E-state index in [0.717, 1.165) is 5.56 Å². The number of hydrogen-bond acceptors (Lipinski definition) is 2. The number of rotatable bonds is 2. The summed E-state index contributed by atoms with van der Waals surface area (Å²) in [6.45, 7) is 6.11. The Balaban J connectivity index is 3.22. The van der Waals surface area contributed by atoms with E-state index >= 15 is 0 Å². The normalized spacial score (nSPS) is 10.5. The lowest BCUT2D eigenvalue weighted by Crippen LogP contribution is -1.92. The van der Waals surface area contributed by atoms with Crippen molar-refractivity contribution >= 4 is 0 Å². The lowest BCUT2D eigenvalue weighted by atomic mass is 10.0. The molecule has 0 unspecified atom stereocenters. The van der Waals surface area contributed by atoms with Crippen molar-refractivity contribution in [1.29, 1.82) is 0 Å². The Labute approximate surface area is 79.2 Å². The molecule has 0 bridgehead atoms. The molecule has 0 aliphatic carbocycles. The molecule has 0 aromatic heterocycles. The molecule has 0 saturated carbocycles. The summed E-state index contributed by atoms with van der Waals surface area (Å²) in [4.78, 5) is 0. The molecule has 1 N–H and O–H groups in total. The predicted molar refractivity (Wildman–Crippen MR) is 53.5 cm³/mol. The monoisotopic (exact) mass is 180 g/mol. The SMILES string of the molecule is COc1cc(C(C)C)cc(C)c1O. The van der Waals surface area contributed by atoms with Gasteiger partial charge in [-0.15, -0.1) is 0 Å². The highest BCUT2D eigenvalue weighted by Crippen LogP contribution is 2.33. The van der Waals surface area contributed by atoms with Crippen LogP contribution in [0.25, 0.3) is 0 Å². The highest BCUT2D eigenvalue weighted by Gasteiger charge is 2.08. The van der Waals surface area contributed by atoms with E-state index in [9.17, 15) is 5.11 Å². The summed E-state index contributed by atoms with van der Waals surface area (Å²) in [7, 11) is 1.57. The lowest BCUT2D eigenvalue weighted by molar-refractivity contribution is 0.371. The Morgan fingerprint density at radius 2 is 1.92 bits per heavy atom. The average Bonchev–Trinajstić information content (AvgIpc) is 2.09. The highest BCUT2D eigenvalue weighted by molar-refractivity contribution is 5.48. The standard InChI is InChI=1S/C11H16O2/c1-7(2)9-5-8(3)11(12)10(6-9)13-4/h5-7,12H,1-4H3. The highest BCUT2D eigenvalue weighted by atomic mass is 16.5. The zero-order chi connectivity index (χ0) is 10.0. The van der Waals surface area contributed by atoms with E-state index in [0.29, 0.717) is 11.7 Å². The van der Waals surface area contributed by atoms with Crippen LogP contribution >= 0.6 is 0 Å². The van der Waals surface area contributed by atoms with Crippen LogP contribution in [-0.4, -0.2) is 12.2 Å². The second-order valence-corrected chi connectivity index (χ2v) is 3.54. The number of benzene rings is 1. The molecule has 0 fully saturated rings. The maximum absolute atomic E-state index is 9.58. The van der Waals surface area contributed by atoms with E-state index < -0.39 is 0 Å². The molecule has 13 heavy (non-hydrogen) atoms. The van der Waals surface area contributed by atoms with Gasteiger partial charge in [-0.2, -0.15) is 0 Å². The number of phenolic OH excluding ortho intramolecular Hbond substituents is 1. The predicted octanol–water partition coefficient (Wildman–Crippen LogP) is 2.83. The number of aromatic hydroxyl groups is 1. The third-order valence-electron chi connectivity index (χ3n) is 2.17. The van der Waals surface area contributed by atoms with Crippen LogP contribution in [0.5, 0.6) is 11.5 Å². The fourth-order valence-electron chi connectivity index (χ4n) is 1.26. The van der Waals surface area contributed by atoms with Gasteiger partial charge in [0.1, 0.15) is 0 Å². The Hall–Kier alpha value is -1.18. The molecular weight excluding hydrogens is 164 g/mol. The molecule has 0 radical (unpaired) electrons. The Bertz CT molecular complexity index is 303. The summed E-state index contributed by atoms with van der Waals surface area (Å²) >= 11 is 0. The molecule has 1 aromatic carbocycles. The van der Waals surface area contributed by atoms with Gasteiger partial charge in [0, 0.05) is 0 Å². The van der Waals surface area contributed by atoms with Gasteiger partial charge in [0.05, 0.1) is 7.11 Å². The second kappa shape index (κ2) is 3.69. The van der Waals surface area contributed by atoms with Crippen molar-refractivity contribution in [2.45, 2.75) is 26.7 Å². The van der Waals surface area contributed by atoms with E-state index in [-0.39, 0.29) is 5.75 Å². The third kappa shape index (κ3) is 1.94. The largest absolute Gasteiger partial charge is 0.504 e. The van der Waals surface area contributed by atoms with Gasteiger partial charge in [0.25, 0.3) is 0 Å². The van der Waals surface area contributed by atoms with Crippen LogP contribution in [0.4, 0.5) is 0 Å². The van der Waals surface area contributed by atoms with Crippen molar-refractivity contribution < 1.29 is 9.84 Å². The molecule has 0 atom stereocenters. The van der Waals surface area contributed by atoms with E-state index in [2.05, 4.69) is 13.8 Å². The molecule has 2 heteroatoms. The van der Waals surface area contributed by atoms with Crippen molar-refractivity contribution in [2.24, 2.45) is 0 Å². The number of aryl methyl sites for hydroxylation is 1. The fourth-order valence-corrected chi connectivity index (χ4v) is 1.26. The molecular formula is C11H16O2. The first-order valence-corrected chi connectivity index (χ1v) is 4.43. The molecule has 0 aliphatic rings. The van der Waals surface area contributed by atoms with Gasteiger partial charge in [-0.25, -0.2) is 0 Å². The summed E-state index contributed by atoms with van der Waals surface area (Å²) in [5, 5.41) is 9.58. The van der Waals surface area contributed by atoms with Crippen LogP contribution < -0.4 is 4.74 Å². The number of hydrogen-bond donors (Lipinski definition) is 1. The fraction of sp³-hybridized carbons (Fsp3) is 0.455. The zero-order valence-corrected chi connectivity index (χ0v) is 8.59. The first kappa shape index (κ1) is 9.90. The average molecular weight is 180 g/mol. The van der Waals surface area contributed by atoms with Crippen LogP contribution in [0.15, 0.2) is 12.1 Å². The van der Waals surface area contributed by atoms with Crippen molar-refractivity contribution in [2.75, 3.05) is 7.11 Å². The summed E-state index contributed by atoms with van der Waals surface area (Å²) in [5.41, 5.74) is 2.05. The van der Waals surface area contributed by atoms with Gasteiger partial charge >= 0.3 is 0 Å². The minimum absolute atomic E-state index is 0.243. The second-order valence-electron chi connectivity index (χ2n) is 3.54. The van der Waals surface area contributed by atoms with Crippen LogP contribution in [0.1, 0.15) is 30.9 Å². The zero-order valence-electron chi connectivity index (χ0n) is 8.59. The molecule has 1 aromatic rings. The molecule has 0 saturated heterocycles. The number of ether oxygens (including phenoxy) is 1. The number of methoxy groups -OCH3 is 1. The van der Waals surface area contributed by atoms with Gasteiger partial charge < -0.3 is 9.84 Å². The number of phenols is 1. The van der Waals surface area contributed by atoms with E-state index in [4.69, 9.17) is 4.74 Å². The molecule has 0 heterocycles. The van der Waals surface area contributed by atoms with E-state index in [1.807, 2.05) is 19.1 Å². The topological polar surface area (TPSA) is 29.5 Å². The van der Waals surface area contributed by atoms with Crippen LogP contribution in [0.3, 0.4) is 0 Å². The van der Waals surface area contributed by atoms with Crippen LogP contribution in [0, 0.1) is 6.92 Å². The quantitative estimate of drug-likeness (QED) is 0.758. The third-order valence-corrected chi connectivity index (χ3v) is 2.17. The minimum Gasteiger partial charge on any atom is -0.504 e. The molecule has 0 aliphatic heterocycles. The van der Waals surface area contributed by atoms with Gasteiger partial charge in [-0.1, -0.05) is 19.9 Å². The Morgan fingerprint density at radius 3 is 2.38 bits per heavy atom. The summed E-state index contributed by atoms with van der Waals surface area (Å²) < 4.78 is 5.07. The minimum atomic E-state index is 0.243. The van der Waals surface area contributed by atoms with Gasteiger partial charge in [0.15, 0.2) is 11.5 Å². The molecule has 0 spiro atoms. The van der Waals surface area contributed by atoms with Gasteiger partial charge in [0.2, 0.25) is 0 Å². The van der Waals surface area contributed by atoms with E-state index in [1.165, 1.54) is 5.56 Å². The molecule has 1 rings (SSSR count). The molecule has 2 nitrogen and oxygen atoms in total. The van der Waals surface area contributed by atoms with Crippen molar-refractivity contribution in [3.63, 3.8) is 0 Å². The summed E-state index contributed by atoms with van der Waals surface area (Å²) in [5.74, 6) is 1.25. The summed E-state index contributed by atoms with van der Waals surface area (Å²) in [6.07, 6.45) is 0. The maximum atomic E-state index is 9.58. The molecule has 0 amide bonds. The van der Waals surface area contributed by atoms with Crippen LogP contribution in [-0.2, 0) is 0 Å². The Morgan fingerprint density at radius 1 is 1.31 bits per heavy atom. The van der Waals surface area contributed by atoms with Gasteiger partial charge in [-0.3, -0.25) is 0 Å². The molecule has 72 valence electrons. The first-order chi connectivity index (χ1) is 6.06. The van der Waals surface area contributed by atoms with Crippen LogP contribution in [0.2, 0.25) is 0 Å². The first-order valence-electron chi connectivity index (χ1n) is 4.43. The lowest BCUT2D eigenvalue weighted by Gasteiger charge is -2.11. The van der Waals surface area contributed by atoms with Crippen molar-refractivity contribution in [1.82, 2.24) is 0 Å². The van der Waals surface area contributed by atoms with Gasteiger partial charge in [-0.05, 0) is 30.0 Å². The Kier molecular flexibility index (Phi) is 2.81. The van der Waals surface area contributed by atoms with Crippen molar-refractivity contribution in [3.05, 3.63) is 23.3 Å².